The summed E-state index contributed by atoms with van der Waals surface area (Å²) in [5.74, 6) is 1.01. The molecule has 0 aliphatic carbocycles. The SMILES string of the molecule is COC(=O)c1cccc(N2CCCC(COc3ccc(-c4ccc(Cl)cc4)cc3)C2)c1. The van der Waals surface area contributed by atoms with Crippen molar-refractivity contribution in [2.24, 2.45) is 5.92 Å². The van der Waals surface area contributed by atoms with E-state index in [1.807, 2.05) is 54.6 Å². The number of hydrogen-bond donors (Lipinski definition) is 0. The van der Waals surface area contributed by atoms with Gasteiger partial charge < -0.3 is 14.4 Å². The first kappa shape index (κ1) is 21.3. The van der Waals surface area contributed by atoms with Crippen LogP contribution in [-0.2, 0) is 4.74 Å². The number of hydrogen-bond acceptors (Lipinski definition) is 4. The largest absolute Gasteiger partial charge is 0.493 e. The van der Waals surface area contributed by atoms with Crippen molar-refractivity contribution in [1.82, 2.24) is 0 Å². The highest BCUT2D eigenvalue weighted by Gasteiger charge is 2.21. The van der Waals surface area contributed by atoms with Crippen molar-refractivity contribution in [3.05, 3.63) is 83.4 Å². The second-order valence-corrected chi connectivity index (χ2v) is 8.27. The number of methoxy groups -OCH3 is 1. The summed E-state index contributed by atoms with van der Waals surface area (Å²) < 4.78 is 10.9. The lowest BCUT2D eigenvalue weighted by Crippen LogP contribution is -2.37. The number of benzene rings is 3. The number of rotatable bonds is 6. The molecule has 0 saturated carbocycles. The van der Waals surface area contributed by atoms with Crippen LogP contribution in [0.5, 0.6) is 5.75 Å². The van der Waals surface area contributed by atoms with E-state index in [4.69, 9.17) is 21.1 Å². The van der Waals surface area contributed by atoms with Crippen molar-refractivity contribution in [3.8, 4) is 16.9 Å². The minimum absolute atomic E-state index is 0.305. The topological polar surface area (TPSA) is 38.8 Å². The Morgan fingerprint density at radius 2 is 1.74 bits per heavy atom. The molecule has 4 nitrogen and oxygen atoms in total. The van der Waals surface area contributed by atoms with E-state index in [9.17, 15) is 4.79 Å². The number of esters is 1. The van der Waals surface area contributed by atoms with Gasteiger partial charge in [-0.05, 0) is 66.4 Å². The van der Waals surface area contributed by atoms with Crippen LogP contribution in [0.3, 0.4) is 0 Å². The van der Waals surface area contributed by atoms with E-state index in [0.717, 1.165) is 53.5 Å². The number of carbonyl (C=O) groups is 1. The number of halogens is 1. The van der Waals surface area contributed by atoms with Crippen LogP contribution in [0.15, 0.2) is 72.8 Å². The molecule has 1 fully saturated rings. The van der Waals surface area contributed by atoms with Crippen molar-refractivity contribution >= 4 is 23.3 Å². The predicted molar refractivity (Wildman–Crippen MR) is 125 cm³/mol. The van der Waals surface area contributed by atoms with Crippen LogP contribution in [0, 0.1) is 5.92 Å². The predicted octanol–water partition coefficient (Wildman–Crippen LogP) is 6.09. The molecule has 0 amide bonds. The Balaban J connectivity index is 1.35. The molecule has 1 heterocycles. The molecule has 1 unspecified atom stereocenters. The zero-order valence-electron chi connectivity index (χ0n) is 17.6. The number of carbonyl (C=O) groups excluding carboxylic acids is 1. The minimum Gasteiger partial charge on any atom is -0.493 e. The fraction of sp³-hybridized carbons (Fsp3) is 0.269. The van der Waals surface area contributed by atoms with E-state index < -0.39 is 0 Å². The van der Waals surface area contributed by atoms with Gasteiger partial charge in [-0.25, -0.2) is 4.79 Å². The maximum absolute atomic E-state index is 11.8. The van der Waals surface area contributed by atoms with Crippen molar-refractivity contribution in [2.75, 3.05) is 31.7 Å². The maximum atomic E-state index is 11.8. The fourth-order valence-electron chi connectivity index (χ4n) is 3.98. The molecule has 3 aromatic rings. The van der Waals surface area contributed by atoms with Crippen LogP contribution in [0.25, 0.3) is 11.1 Å². The highest BCUT2D eigenvalue weighted by molar-refractivity contribution is 6.30. The van der Waals surface area contributed by atoms with Gasteiger partial charge in [0.2, 0.25) is 0 Å². The summed E-state index contributed by atoms with van der Waals surface area (Å²) in [6.45, 7) is 2.57. The summed E-state index contributed by atoms with van der Waals surface area (Å²) in [4.78, 5) is 14.2. The van der Waals surface area contributed by atoms with Gasteiger partial charge in [0.15, 0.2) is 0 Å². The van der Waals surface area contributed by atoms with Gasteiger partial charge in [0.05, 0.1) is 19.3 Å². The average molecular weight is 436 g/mol. The molecule has 0 spiro atoms. The molecule has 1 saturated heterocycles. The van der Waals surface area contributed by atoms with Crippen LogP contribution in [-0.4, -0.2) is 32.8 Å². The van der Waals surface area contributed by atoms with Crippen LogP contribution < -0.4 is 9.64 Å². The second-order valence-electron chi connectivity index (χ2n) is 7.84. The van der Waals surface area contributed by atoms with Crippen molar-refractivity contribution in [3.63, 3.8) is 0 Å². The Morgan fingerprint density at radius 3 is 2.45 bits per heavy atom. The third-order valence-corrected chi connectivity index (χ3v) is 5.92. The molecule has 160 valence electrons. The lowest BCUT2D eigenvalue weighted by molar-refractivity contribution is 0.0600. The number of ether oxygens (including phenoxy) is 2. The Morgan fingerprint density at radius 1 is 1.03 bits per heavy atom. The monoisotopic (exact) mass is 435 g/mol. The van der Waals surface area contributed by atoms with E-state index in [-0.39, 0.29) is 5.97 Å². The van der Waals surface area contributed by atoms with Gasteiger partial charge in [0.1, 0.15) is 5.75 Å². The van der Waals surface area contributed by atoms with Gasteiger partial charge in [-0.15, -0.1) is 0 Å². The van der Waals surface area contributed by atoms with Crippen molar-refractivity contribution < 1.29 is 14.3 Å². The summed E-state index contributed by atoms with van der Waals surface area (Å²) >= 11 is 5.97. The third-order valence-electron chi connectivity index (χ3n) is 5.67. The molecular weight excluding hydrogens is 410 g/mol. The fourth-order valence-corrected chi connectivity index (χ4v) is 4.11. The van der Waals surface area contributed by atoms with Crippen molar-refractivity contribution in [2.45, 2.75) is 12.8 Å². The molecule has 0 N–H and O–H groups in total. The summed E-state index contributed by atoms with van der Waals surface area (Å²) in [6.07, 6.45) is 2.24. The molecule has 1 aliphatic heterocycles. The second kappa shape index (κ2) is 9.88. The van der Waals surface area contributed by atoms with E-state index in [0.29, 0.717) is 18.1 Å². The first-order valence-electron chi connectivity index (χ1n) is 10.5. The Labute approximate surface area is 188 Å². The lowest BCUT2D eigenvalue weighted by atomic mass is 9.98. The highest BCUT2D eigenvalue weighted by atomic mass is 35.5. The van der Waals surface area contributed by atoms with E-state index in [2.05, 4.69) is 17.0 Å². The van der Waals surface area contributed by atoms with Gasteiger partial charge in [0.25, 0.3) is 0 Å². The number of nitrogens with zero attached hydrogens (tertiary/aromatic N) is 1. The molecular formula is C26H26ClNO3. The first-order chi connectivity index (χ1) is 15.1. The first-order valence-corrected chi connectivity index (χ1v) is 10.9. The van der Waals surface area contributed by atoms with Gasteiger partial charge >= 0.3 is 5.97 Å². The molecule has 1 atom stereocenters. The lowest BCUT2D eigenvalue weighted by Gasteiger charge is -2.34. The number of anilines is 1. The van der Waals surface area contributed by atoms with Gasteiger partial charge in [-0.2, -0.15) is 0 Å². The zero-order valence-corrected chi connectivity index (χ0v) is 18.3. The molecule has 3 aromatic carbocycles. The molecule has 4 rings (SSSR count). The summed E-state index contributed by atoms with van der Waals surface area (Å²) in [6, 6.07) is 23.7. The standard InChI is InChI=1S/C26H26ClNO3/c1-30-26(29)22-5-2-6-24(16-22)28-15-3-4-19(17-28)18-31-25-13-9-21(10-14-25)20-7-11-23(27)12-8-20/h2,5-14,16,19H,3-4,15,17-18H2,1H3. The van der Waals surface area contributed by atoms with Crippen molar-refractivity contribution in [1.29, 1.82) is 0 Å². The number of piperidine rings is 1. The van der Waals surface area contributed by atoms with Crippen LogP contribution in [0.1, 0.15) is 23.2 Å². The molecule has 1 aliphatic rings. The van der Waals surface area contributed by atoms with Crippen LogP contribution in [0.4, 0.5) is 5.69 Å². The summed E-state index contributed by atoms with van der Waals surface area (Å²) in [7, 11) is 1.41. The molecule has 0 bridgehead atoms. The molecule has 5 heteroatoms. The van der Waals surface area contributed by atoms with E-state index in [1.165, 1.54) is 7.11 Å². The van der Waals surface area contributed by atoms with E-state index in [1.54, 1.807) is 6.07 Å². The Bertz CT molecular complexity index is 1020. The van der Waals surface area contributed by atoms with Gasteiger partial charge in [-0.1, -0.05) is 41.9 Å². The molecule has 0 aromatic heterocycles. The normalized spacial score (nSPS) is 16.1. The molecule has 31 heavy (non-hydrogen) atoms. The summed E-state index contributed by atoms with van der Waals surface area (Å²) in [5.41, 5.74) is 3.91. The van der Waals surface area contributed by atoms with Crippen LogP contribution >= 0.6 is 11.6 Å². The highest BCUT2D eigenvalue weighted by Crippen LogP contribution is 2.27. The zero-order chi connectivity index (χ0) is 21.6. The Kier molecular flexibility index (Phi) is 6.78. The Hall–Kier alpha value is -2.98. The van der Waals surface area contributed by atoms with Gasteiger partial charge in [0, 0.05) is 29.7 Å². The third kappa shape index (κ3) is 5.39. The quantitative estimate of drug-likeness (QED) is 0.439. The smallest absolute Gasteiger partial charge is 0.337 e. The minimum atomic E-state index is -0.305. The summed E-state index contributed by atoms with van der Waals surface area (Å²) in [5, 5.41) is 0.738. The maximum Gasteiger partial charge on any atom is 0.337 e. The van der Waals surface area contributed by atoms with Crippen LogP contribution in [0.2, 0.25) is 5.02 Å². The van der Waals surface area contributed by atoms with E-state index >= 15 is 0 Å². The molecule has 0 radical (unpaired) electrons. The average Bonchev–Trinajstić information content (AvgIpc) is 2.83. The van der Waals surface area contributed by atoms with Gasteiger partial charge in [-0.3, -0.25) is 0 Å².